The topological polar surface area (TPSA) is 91.6 Å². The van der Waals surface area contributed by atoms with Gasteiger partial charge in [-0.15, -0.1) is 0 Å². The lowest BCUT2D eigenvalue weighted by atomic mass is 9.80. The molecular formula is C14H20N2O4. The first-order valence-corrected chi connectivity index (χ1v) is 6.74. The molecule has 1 saturated carbocycles. The van der Waals surface area contributed by atoms with Gasteiger partial charge in [0.15, 0.2) is 0 Å². The van der Waals surface area contributed by atoms with Crippen LogP contribution in [-0.2, 0) is 4.79 Å². The van der Waals surface area contributed by atoms with Crippen molar-refractivity contribution < 1.29 is 19.1 Å². The Morgan fingerprint density at radius 3 is 2.55 bits per heavy atom. The number of aryl methyl sites for hydroxylation is 2. The Labute approximate surface area is 117 Å². The molecule has 2 rings (SSSR count). The number of nitrogens with one attached hydrogen (secondary N) is 2. The number of amides is 2. The maximum absolute atomic E-state index is 11.9. The summed E-state index contributed by atoms with van der Waals surface area (Å²) in [6.45, 7) is 3.59. The van der Waals surface area contributed by atoms with Gasteiger partial charge in [0.25, 0.3) is 5.91 Å². The molecule has 1 aromatic heterocycles. The summed E-state index contributed by atoms with van der Waals surface area (Å²) in [4.78, 5) is 23.4. The van der Waals surface area contributed by atoms with Crippen molar-refractivity contribution in [2.75, 3.05) is 13.1 Å². The predicted octanol–water partition coefficient (Wildman–Crippen LogP) is 0.657. The highest BCUT2D eigenvalue weighted by molar-refractivity contribution is 5.97. The van der Waals surface area contributed by atoms with Crippen molar-refractivity contribution in [1.82, 2.24) is 10.6 Å². The van der Waals surface area contributed by atoms with Crippen molar-refractivity contribution in [2.45, 2.75) is 38.7 Å². The van der Waals surface area contributed by atoms with E-state index in [-0.39, 0.29) is 24.9 Å². The highest BCUT2D eigenvalue weighted by atomic mass is 16.3. The fourth-order valence-electron chi connectivity index (χ4n) is 2.20. The van der Waals surface area contributed by atoms with Crippen LogP contribution in [0.1, 0.15) is 41.1 Å². The highest BCUT2D eigenvalue weighted by Crippen LogP contribution is 2.30. The van der Waals surface area contributed by atoms with Gasteiger partial charge in [0.05, 0.1) is 17.7 Å². The average molecular weight is 280 g/mol. The van der Waals surface area contributed by atoms with Crippen molar-refractivity contribution in [3.8, 4) is 0 Å². The van der Waals surface area contributed by atoms with E-state index < -0.39 is 5.60 Å². The van der Waals surface area contributed by atoms with Gasteiger partial charge in [-0.25, -0.2) is 0 Å². The molecule has 0 aromatic carbocycles. The Balaban J connectivity index is 1.75. The largest absolute Gasteiger partial charge is 0.466 e. The second-order valence-corrected chi connectivity index (χ2v) is 5.36. The number of hydrogen-bond donors (Lipinski definition) is 3. The van der Waals surface area contributed by atoms with E-state index >= 15 is 0 Å². The smallest absolute Gasteiger partial charge is 0.255 e. The van der Waals surface area contributed by atoms with Gasteiger partial charge in [-0.2, -0.15) is 0 Å². The molecule has 0 radical (unpaired) electrons. The summed E-state index contributed by atoms with van der Waals surface area (Å²) in [7, 11) is 0. The lowest BCUT2D eigenvalue weighted by Crippen LogP contribution is -2.49. The van der Waals surface area contributed by atoms with Crippen molar-refractivity contribution in [3.63, 3.8) is 0 Å². The van der Waals surface area contributed by atoms with Gasteiger partial charge in [0.2, 0.25) is 5.91 Å². The van der Waals surface area contributed by atoms with Gasteiger partial charge < -0.3 is 20.2 Å². The van der Waals surface area contributed by atoms with Gasteiger partial charge in [-0.3, -0.25) is 9.59 Å². The van der Waals surface area contributed by atoms with Crippen LogP contribution >= 0.6 is 0 Å². The van der Waals surface area contributed by atoms with Crippen LogP contribution in [0, 0.1) is 13.8 Å². The Morgan fingerprint density at radius 2 is 2.05 bits per heavy atom. The van der Waals surface area contributed by atoms with Crippen LogP contribution in [0.25, 0.3) is 0 Å². The molecule has 0 spiro atoms. The highest BCUT2D eigenvalue weighted by Gasteiger charge is 2.34. The summed E-state index contributed by atoms with van der Waals surface area (Å²) in [5, 5.41) is 15.0. The Morgan fingerprint density at radius 1 is 1.35 bits per heavy atom. The molecular weight excluding hydrogens is 260 g/mol. The van der Waals surface area contributed by atoms with E-state index in [4.69, 9.17) is 4.42 Å². The average Bonchev–Trinajstić information content (AvgIpc) is 2.70. The number of furan rings is 1. The summed E-state index contributed by atoms with van der Waals surface area (Å²) < 4.78 is 5.26. The molecule has 20 heavy (non-hydrogen) atoms. The summed E-state index contributed by atoms with van der Waals surface area (Å²) in [6.07, 6.45) is 2.42. The third-order valence-corrected chi connectivity index (χ3v) is 3.59. The van der Waals surface area contributed by atoms with Crippen LogP contribution in [-0.4, -0.2) is 35.6 Å². The zero-order valence-electron chi connectivity index (χ0n) is 11.8. The van der Waals surface area contributed by atoms with Crippen LogP contribution in [0.4, 0.5) is 0 Å². The van der Waals surface area contributed by atoms with Crippen LogP contribution in [0.2, 0.25) is 0 Å². The lowest BCUT2D eigenvalue weighted by Gasteiger charge is -2.36. The maximum Gasteiger partial charge on any atom is 0.255 e. The molecule has 0 bridgehead atoms. The molecule has 1 aromatic rings. The fraction of sp³-hybridized carbons (Fsp3) is 0.571. The molecule has 0 unspecified atom stereocenters. The van der Waals surface area contributed by atoms with E-state index in [1.165, 1.54) is 0 Å². The number of aliphatic hydroxyl groups is 1. The molecule has 1 aliphatic carbocycles. The first kappa shape index (κ1) is 14.6. The lowest BCUT2D eigenvalue weighted by molar-refractivity contribution is -0.122. The number of carbonyl (C=O) groups is 2. The first-order valence-electron chi connectivity index (χ1n) is 6.74. The number of hydrogen-bond acceptors (Lipinski definition) is 4. The van der Waals surface area contributed by atoms with Gasteiger partial charge in [0.1, 0.15) is 11.5 Å². The molecule has 0 aliphatic heterocycles. The predicted molar refractivity (Wildman–Crippen MR) is 72.3 cm³/mol. The SMILES string of the molecule is Cc1cc(C(=O)NCC(=O)NCC2(O)CCC2)c(C)o1. The van der Waals surface area contributed by atoms with Crippen LogP contribution in [0.5, 0.6) is 0 Å². The molecule has 110 valence electrons. The molecule has 0 saturated heterocycles. The quantitative estimate of drug-likeness (QED) is 0.738. The second kappa shape index (κ2) is 5.66. The summed E-state index contributed by atoms with van der Waals surface area (Å²) in [5.41, 5.74) is -0.314. The van der Waals surface area contributed by atoms with E-state index in [1.54, 1.807) is 19.9 Å². The summed E-state index contributed by atoms with van der Waals surface area (Å²) >= 11 is 0. The molecule has 3 N–H and O–H groups in total. The third-order valence-electron chi connectivity index (χ3n) is 3.59. The van der Waals surface area contributed by atoms with Gasteiger partial charge in [-0.1, -0.05) is 0 Å². The maximum atomic E-state index is 11.9. The summed E-state index contributed by atoms with van der Waals surface area (Å²) in [5.74, 6) is 0.543. The standard InChI is InChI=1S/C14H20N2O4/c1-9-6-11(10(2)20-9)13(18)15-7-12(17)16-8-14(19)4-3-5-14/h6,19H,3-5,7-8H2,1-2H3,(H,15,18)(H,16,17). The molecule has 1 aliphatic rings. The molecule has 6 heteroatoms. The van der Waals surface area contributed by atoms with Crippen LogP contribution in [0.3, 0.4) is 0 Å². The molecule has 0 atom stereocenters. The molecule has 6 nitrogen and oxygen atoms in total. The number of rotatable bonds is 5. The van der Waals surface area contributed by atoms with Crippen molar-refractivity contribution in [3.05, 3.63) is 23.2 Å². The molecule has 1 fully saturated rings. The minimum atomic E-state index is -0.752. The van der Waals surface area contributed by atoms with E-state index in [0.29, 0.717) is 29.9 Å². The minimum Gasteiger partial charge on any atom is -0.466 e. The van der Waals surface area contributed by atoms with E-state index in [2.05, 4.69) is 10.6 Å². The van der Waals surface area contributed by atoms with Gasteiger partial charge in [0, 0.05) is 6.54 Å². The van der Waals surface area contributed by atoms with Gasteiger partial charge in [-0.05, 0) is 39.2 Å². The Hall–Kier alpha value is -1.82. The van der Waals surface area contributed by atoms with Crippen molar-refractivity contribution in [1.29, 1.82) is 0 Å². The van der Waals surface area contributed by atoms with Crippen LogP contribution in [0.15, 0.2) is 10.5 Å². The van der Waals surface area contributed by atoms with Gasteiger partial charge >= 0.3 is 0 Å². The number of carbonyl (C=O) groups excluding carboxylic acids is 2. The zero-order chi connectivity index (χ0) is 14.8. The van der Waals surface area contributed by atoms with Crippen molar-refractivity contribution in [2.24, 2.45) is 0 Å². The fourth-order valence-corrected chi connectivity index (χ4v) is 2.20. The second-order valence-electron chi connectivity index (χ2n) is 5.36. The first-order chi connectivity index (χ1) is 9.39. The normalized spacial score (nSPS) is 16.4. The zero-order valence-corrected chi connectivity index (χ0v) is 11.8. The van der Waals surface area contributed by atoms with E-state index in [9.17, 15) is 14.7 Å². The molecule has 1 heterocycles. The monoisotopic (exact) mass is 280 g/mol. The minimum absolute atomic E-state index is 0.113. The third kappa shape index (κ3) is 3.39. The Kier molecular flexibility index (Phi) is 4.13. The Bertz CT molecular complexity index is 517. The van der Waals surface area contributed by atoms with E-state index in [0.717, 1.165) is 6.42 Å². The van der Waals surface area contributed by atoms with Crippen molar-refractivity contribution >= 4 is 11.8 Å². The van der Waals surface area contributed by atoms with E-state index in [1.807, 2.05) is 0 Å². The molecule has 2 amide bonds. The summed E-state index contributed by atoms with van der Waals surface area (Å²) in [6, 6.07) is 1.64. The van der Waals surface area contributed by atoms with Crippen LogP contribution < -0.4 is 10.6 Å².